The summed E-state index contributed by atoms with van der Waals surface area (Å²) in [5.41, 5.74) is 3.52. The second-order valence-corrected chi connectivity index (χ2v) is 2.69. The molecule has 0 bridgehead atoms. The van der Waals surface area contributed by atoms with Gasteiger partial charge in [-0.25, -0.2) is 0 Å². The number of pyridine rings is 1. The van der Waals surface area contributed by atoms with Gasteiger partial charge in [-0.3, -0.25) is 4.98 Å². The van der Waals surface area contributed by atoms with Crippen molar-refractivity contribution in [2.24, 2.45) is 0 Å². The smallest absolute Gasteiger partial charge is 0.0363 e. The van der Waals surface area contributed by atoms with Crippen molar-refractivity contribution in [1.82, 2.24) is 10.3 Å². The molecule has 1 aliphatic heterocycles. The van der Waals surface area contributed by atoms with Gasteiger partial charge in [-0.15, -0.1) is 0 Å². The fourth-order valence-electron chi connectivity index (χ4n) is 1.36. The molecule has 0 atom stereocenters. The second kappa shape index (κ2) is 2.38. The summed E-state index contributed by atoms with van der Waals surface area (Å²) in [6, 6.07) is 2.06. The van der Waals surface area contributed by atoms with Crippen LogP contribution in [0.1, 0.15) is 11.1 Å². The molecular weight excluding hydrogens is 136 g/mol. The van der Waals surface area contributed by atoms with E-state index in [4.69, 9.17) is 0 Å². The zero-order valence-corrected chi connectivity index (χ0v) is 6.30. The zero-order chi connectivity index (χ0) is 7.68. The van der Waals surface area contributed by atoms with Crippen LogP contribution in [0.4, 0.5) is 0 Å². The lowest BCUT2D eigenvalue weighted by Gasteiger charge is -2.18. The Balaban J connectivity index is 2.52. The molecule has 2 rings (SSSR count). The number of hydrogen-bond donors (Lipinski definition) is 1. The van der Waals surface area contributed by atoms with E-state index in [1.54, 1.807) is 0 Å². The summed E-state index contributed by atoms with van der Waals surface area (Å²) in [5.74, 6) is 0. The standard InChI is InChI=1S/C9H10N2/c1-7-9-6-10-4-2-8(9)3-5-11-7/h2,4,6,11H,1,3,5H2. The van der Waals surface area contributed by atoms with Gasteiger partial charge in [0.1, 0.15) is 0 Å². The van der Waals surface area contributed by atoms with Crippen molar-refractivity contribution in [1.29, 1.82) is 0 Å². The number of fused-ring (bicyclic) bond motifs is 1. The number of rotatable bonds is 0. The van der Waals surface area contributed by atoms with Crippen LogP contribution in [-0.2, 0) is 6.42 Å². The molecule has 0 aromatic carbocycles. The molecule has 11 heavy (non-hydrogen) atoms. The molecule has 0 aliphatic carbocycles. The Morgan fingerprint density at radius 1 is 1.55 bits per heavy atom. The molecule has 0 saturated carbocycles. The summed E-state index contributed by atoms with van der Waals surface area (Å²) in [5, 5.41) is 3.20. The lowest BCUT2D eigenvalue weighted by Crippen LogP contribution is -2.21. The molecule has 2 heterocycles. The van der Waals surface area contributed by atoms with E-state index in [2.05, 4.69) is 22.9 Å². The van der Waals surface area contributed by atoms with Crippen LogP contribution in [-0.4, -0.2) is 11.5 Å². The van der Waals surface area contributed by atoms with E-state index in [-0.39, 0.29) is 0 Å². The average molecular weight is 146 g/mol. The highest BCUT2D eigenvalue weighted by Crippen LogP contribution is 2.18. The van der Waals surface area contributed by atoms with Gasteiger partial charge in [-0.1, -0.05) is 6.58 Å². The average Bonchev–Trinajstić information content (AvgIpc) is 2.06. The monoisotopic (exact) mass is 146 g/mol. The van der Waals surface area contributed by atoms with E-state index in [0.29, 0.717) is 0 Å². The highest BCUT2D eigenvalue weighted by atomic mass is 14.9. The van der Waals surface area contributed by atoms with Gasteiger partial charge in [-0.05, 0) is 18.1 Å². The first-order valence-electron chi connectivity index (χ1n) is 3.74. The van der Waals surface area contributed by atoms with Crippen molar-refractivity contribution in [2.75, 3.05) is 6.54 Å². The molecule has 0 amide bonds. The van der Waals surface area contributed by atoms with Crippen LogP contribution in [0.3, 0.4) is 0 Å². The van der Waals surface area contributed by atoms with Crippen molar-refractivity contribution in [3.8, 4) is 0 Å². The highest BCUT2D eigenvalue weighted by molar-refractivity contribution is 5.65. The summed E-state index contributed by atoms with van der Waals surface area (Å²) in [6.45, 7) is 4.90. The molecule has 2 heteroatoms. The largest absolute Gasteiger partial charge is 0.385 e. The Morgan fingerprint density at radius 3 is 3.27 bits per heavy atom. The highest BCUT2D eigenvalue weighted by Gasteiger charge is 2.09. The van der Waals surface area contributed by atoms with Gasteiger partial charge in [0.2, 0.25) is 0 Å². The Kier molecular flexibility index (Phi) is 1.39. The number of nitrogens with one attached hydrogen (secondary N) is 1. The Labute approximate surface area is 66.0 Å². The van der Waals surface area contributed by atoms with Gasteiger partial charge >= 0.3 is 0 Å². The van der Waals surface area contributed by atoms with Gasteiger partial charge < -0.3 is 5.32 Å². The van der Waals surface area contributed by atoms with Crippen LogP contribution in [0.5, 0.6) is 0 Å². The quantitative estimate of drug-likeness (QED) is 0.595. The predicted molar refractivity (Wildman–Crippen MR) is 45.0 cm³/mol. The molecule has 0 saturated heterocycles. The van der Waals surface area contributed by atoms with Crippen LogP contribution in [0.15, 0.2) is 25.0 Å². The van der Waals surface area contributed by atoms with Crippen LogP contribution >= 0.6 is 0 Å². The molecular formula is C9H10N2. The van der Waals surface area contributed by atoms with Crippen molar-refractivity contribution >= 4 is 5.70 Å². The molecule has 1 aromatic heterocycles. The van der Waals surface area contributed by atoms with Crippen LogP contribution in [0, 0.1) is 0 Å². The fraction of sp³-hybridized carbons (Fsp3) is 0.222. The predicted octanol–water partition coefficient (Wildman–Crippen LogP) is 1.20. The van der Waals surface area contributed by atoms with Gasteiger partial charge in [0.25, 0.3) is 0 Å². The van der Waals surface area contributed by atoms with E-state index in [1.165, 1.54) is 11.1 Å². The van der Waals surface area contributed by atoms with Crippen molar-refractivity contribution in [3.05, 3.63) is 36.2 Å². The number of hydrogen-bond acceptors (Lipinski definition) is 2. The maximum Gasteiger partial charge on any atom is 0.0363 e. The molecule has 1 aromatic rings. The SMILES string of the molecule is C=C1NCCc2ccncc21. The van der Waals surface area contributed by atoms with E-state index >= 15 is 0 Å². The third-order valence-corrected chi connectivity index (χ3v) is 1.97. The number of aromatic nitrogens is 1. The zero-order valence-electron chi connectivity index (χ0n) is 6.30. The first-order chi connectivity index (χ1) is 5.38. The third-order valence-electron chi connectivity index (χ3n) is 1.97. The van der Waals surface area contributed by atoms with E-state index in [0.717, 1.165) is 18.7 Å². The Bertz CT molecular complexity index is 291. The molecule has 56 valence electrons. The van der Waals surface area contributed by atoms with Gasteiger partial charge in [0, 0.05) is 30.2 Å². The second-order valence-electron chi connectivity index (χ2n) is 2.69. The van der Waals surface area contributed by atoms with Gasteiger partial charge in [0.15, 0.2) is 0 Å². The summed E-state index contributed by atoms with van der Waals surface area (Å²) in [6.07, 6.45) is 4.78. The fourth-order valence-corrected chi connectivity index (χ4v) is 1.36. The summed E-state index contributed by atoms with van der Waals surface area (Å²) < 4.78 is 0. The third kappa shape index (κ3) is 1.00. The van der Waals surface area contributed by atoms with Crippen molar-refractivity contribution < 1.29 is 0 Å². The van der Waals surface area contributed by atoms with Crippen molar-refractivity contribution in [2.45, 2.75) is 6.42 Å². The Hall–Kier alpha value is -1.31. The van der Waals surface area contributed by atoms with E-state index in [1.807, 2.05) is 12.4 Å². The maximum absolute atomic E-state index is 4.05. The van der Waals surface area contributed by atoms with Crippen LogP contribution in [0.25, 0.3) is 5.70 Å². The molecule has 1 aliphatic rings. The number of nitrogens with zero attached hydrogens (tertiary/aromatic N) is 1. The minimum Gasteiger partial charge on any atom is -0.385 e. The Morgan fingerprint density at radius 2 is 2.45 bits per heavy atom. The maximum atomic E-state index is 4.05. The topological polar surface area (TPSA) is 24.9 Å². The van der Waals surface area contributed by atoms with E-state index < -0.39 is 0 Å². The van der Waals surface area contributed by atoms with E-state index in [9.17, 15) is 0 Å². The van der Waals surface area contributed by atoms with Gasteiger partial charge in [-0.2, -0.15) is 0 Å². The molecule has 2 nitrogen and oxygen atoms in total. The van der Waals surface area contributed by atoms with Crippen molar-refractivity contribution in [3.63, 3.8) is 0 Å². The molecule has 1 N–H and O–H groups in total. The van der Waals surface area contributed by atoms with Crippen LogP contribution < -0.4 is 5.32 Å². The lowest BCUT2D eigenvalue weighted by atomic mass is 10.0. The van der Waals surface area contributed by atoms with Crippen LogP contribution in [0.2, 0.25) is 0 Å². The molecule has 0 unspecified atom stereocenters. The summed E-state index contributed by atoms with van der Waals surface area (Å²) >= 11 is 0. The van der Waals surface area contributed by atoms with Gasteiger partial charge in [0.05, 0.1) is 0 Å². The normalized spacial score (nSPS) is 15.5. The first-order valence-corrected chi connectivity index (χ1v) is 3.74. The summed E-state index contributed by atoms with van der Waals surface area (Å²) in [7, 11) is 0. The molecule has 0 fully saturated rings. The summed E-state index contributed by atoms with van der Waals surface area (Å²) in [4.78, 5) is 4.05. The minimum absolute atomic E-state index is 0.996. The lowest BCUT2D eigenvalue weighted by molar-refractivity contribution is 0.812. The minimum atomic E-state index is 0.996. The molecule has 0 spiro atoms. The molecule has 0 radical (unpaired) electrons. The first kappa shape index (κ1) is 6.40.